The monoisotopic (exact) mass is 263 g/mol. The molecule has 0 aliphatic rings. The molecule has 0 fully saturated rings. The highest BCUT2D eigenvalue weighted by atomic mass is 19.1. The fourth-order valence-electron chi connectivity index (χ4n) is 1.76. The van der Waals surface area contributed by atoms with Gasteiger partial charge in [0.25, 0.3) is 0 Å². The summed E-state index contributed by atoms with van der Waals surface area (Å²) in [6.45, 7) is 5.96. The van der Waals surface area contributed by atoms with E-state index in [1.54, 1.807) is 6.07 Å². The van der Waals surface area contributed by atoms with Crippen LogP contribution in [0.5, 0.6) is 0 Å². The molecular weight excluding hydrogens is 245 g/mol. The van der Waals surface area contributed by atoms with Gasteiger partial charge in [-0.05, 0) is 29.7 Å². The van der Waals surface area contributed by atoms with Gasteiger partial charge in [-0.1, -0.05) is 20.8 Å². The highest BCUT2D eigenvalue weighted by Gasteiger charge is 2.25. The van der Waals surface area contributed by atoms with Crippen LogP contribution in [0.15, 0.2) is 28.7 Å². The van der Waals surface area contributed by atoms with Crippen molar-refractivity contribution in [2.45, 2.75) is 33.2 Å². The normalized spacial score (nSPS) is 13.7. The molecule has 1 unspecified atom stereocenters. The lowest BCUT2D eigenvalue weighted by Gasteiger charge is -2.25. The Bertz CT molecular complexity index is 610. The number of furan rings is 1. The van der Waals surface area contributed by atoms with E-state index in [9.17, 15) is 9.18 Å². The number of halogens is 1. The van der Waals surface area contributed by atoms with Crippen LogP contribution in [0.2, 0.25) is 0 Å². The number of rotatable bonds is 3. The van der Waals surface area contributed by atoms with Gasteiger partial charge < -0.3 is 10.2 Å². The number of Topliss-reactive ketones (excluding diaryl/α,β-unsaturated/α-hetero) is 1. The summed E-state index contributed by atoms with van der Waals surface area (Å²) in [5.41, 5.74) is 6.35. The van der Waals surface area contributed by atoms with Crippen LogP contribution in [0.3, 0.4) is 0 Å². The van der Waals surface area contributed by atoms with Crippen LogP contribution in [-0.2, 0) is 0 Å². The number of hydrogen-bond donors (Lipinski definition) is 1. The van der Waals surface area contributed by atoms with Gasteiger partial charge >= 0.3 is 0 Å². The Labute approximate surface area is 111 Å². The molecule has 0 amide bonds. The lowest BCUT2D eigenvalue weighted by Crippen LogP contribution is -2.36. The largest absolute Gasteiger partial charge is 0.453 e. The summed E-state index contributed by atoms with van der Waals surface area (Å²) >= 11 is 0. The molecule has 0 aliphatic heterocycles. The van der Waals surface area contributed by atoms with Gasteiger partial charge in [-0.3, -0.25) is 4.79 Å². The maximum Gasteiger partial charge on any atom is 0.199 e. The predicted octanol–water partition coefficient (Wildman–Crippen LogP) is 3.52. The number of benzene rings is 1. The molecule has 0 aliphatic carbocycles. The molecule has 2 aromatic rings. The second-order valence-electron chi connectivity index (χ2n) is 5.89. The van der Waals surface area contributed by atoms with E-state index in [1.165, 1.54) is 18.2 Å². The Hall–Kier alpha value is -1.68. The molecule has 1 aromatic heterocycles. The van der Waals surface area contributed by atoms with E-state index in [2.05, 4.69) is 0 Å². The number of nitrogens with two attached hydrogens (primary N) is 1. The molecule has 0 saturated heterocycles. The third kappa shape index (κ3) is 3.01. The van der Waals surface area contributed by atoms with E-state index >= 15 is 0 Å². The fraction of sp³-hybridized carbons (Fsp3) is 0.400. The molecule has 0 spiro atoms. The summed E-state index contributed by atoms with van der Waals surface area (Å²) in [5, 5.41) is 0.590. The average molecular weight is 263 g/mol. The van der Waals surface area contributed by atoms with E-state index in [4.69, 9.17) is 10.2 Å². The molecule has 0 bridgehead atoms. The third-order valence-corrected chi connectivity index (χ3v) is 3.27. The van der Waals surface area contributed by atoms with Crippen molar-refractivity contribution >= 4 is 16.8 Å². The summed E-state index contributed by atoms with van der Waals surface area (Å²) in [5.74, 6) is -0.266. The first-order valence-electron chi connectivity index (χ1n) is 6.25. The van der Waals surface area contributed by atoms with E-state index < -0.39 is 0 Å². The van der Waals surface area contributed by atoms with Gasteiger partial charge in [0, 0.05) is 17.8 Å². The summed E-state index contributed by atoms with van der Waals surface area (Å²) in [6.07, 6.45) is 0.214. The maximum atomic E-state index is 13.1. The number of ketones is 1. The van der Waals surface area contributed by atoms with E-state index in [0.717, 1.165) is 0 Å². The minimum atomic E-state index is -0.348. The molecular formula is C15H18FNO2. The molecule has 2 rings (SSSR count). The Morgan fingerprint density at radius 2 is 2.05 bits per heavy atom. The van der Waals surface area contributed by atoms with Crippen molar-refractivity contribution in [2.24, 2.45) is 11.1 Å². The third-order valence-electron chi connectivity index (χ3n) is 3.27. The molecule has 102 valence electrons. The maximum absolute atomic E-state index is 13.1. The summed E-state index contributed by atoms with van der Waals surface area (Å²) in [6, 6.07) is 5.49. The SMILES string of the molecule is CC(C)(C)C(N)CC(=O)c1cc2cc(F)ccc2o1. The van der Waals surface area contributed by atoms with Gasteiger partial charge in [-0.2, -0.15) is 0 Å². The standard InChI is InChI=1S/C15H18FNO2/c1-15(2,3)14(17)8-11(18)13-7-9-6-10(16)4-5-12(9)19-13/h4-7,14H,8,17H2,1-3H3. The highest BCUT2D eigenvalue weighted by molar-refractivity contribution is 5.97. The quantitative estimate of drug-likeness (QED) is 0.862. The average Bonchev–Trinajstić information content (AvgIpc) is 2.70. The van der Waals surface area contributed by atoms with Crippen LogP contribution >= 0.6 is 0 Å². The molecule has 3 nitrogen and oxygen atoms in total. The van der Waals surface area contributed by atoms with E-state index in [1.807, 2.05) is 20.8 Å². The molecule has 1 heterocycles. The van der Waals surface area contributed by atoms with Crippen LogP contribution in [0.1, 0.15) is 37.7 Å². The predicted molar refractivity (Wildman–Crippen MR) is 72.5 cm³/mol. The Morgan fingerprint density at radius 1 is 1.37 bits per heavy atom. The molecule has 19 heavy (non-hydrogen) atoms. The van der Waals surface area contributed by atoms with Gasteiger partial charge in [0.2, 0.25) is 0 Å². The van der Waals surface area contributed by atoms with Gasteiger partial charge in [-0.25, -0.2) is 4.39 Å². The van der Waals surface area contributed by atoms with E-state index in [0.29, 0.717) is 11.0 Å². The highest BCUT2D eigenvalue weighted by Crippen LogP contribution is 2.24. The van der Waals surface area contributed by atoms with Crippen LogP contribution in [0, 0.1) is 11.2 Å². The van der Waals surface area contributed by atoms with Crippen molar-refractivity contribution < 1.29 is 13.6 Å². The topological polar surface area (TPSA) is 56.2 Å². The van der Waals surface area contributed by atoms with Gasteiger partial charge in [-0.15, -0.1) is 0 Å². The van der Waals surface area contributed by atoms with Gasteiger partial charge in [0.1, 0.15) is 11.4 Å². The summed E-state index contributed by atoms with van der Waals surface area (Å²) in [7, 11) is 0. The van der Waals surface area contributed by atoms with Crippen molar-refractivity contribution in [3.05, 3.63) is 35.8 Å². The smallest absolute Gasteiger partial charge is 0.199 e. The zero-order valence-corrected chi connectivity index (χ0v) is 11.4. The Kier molecular flexibility index (Phi) is 3.45. The molecule has 2 N–H and O–H groups in total. The first-order valence-corrected chi connectivity index (χ1v) is 6.25. The summed E-state index contributed by atoms with van der Waals surface area (Å²) < 4.78 is 18.5. The molecule has 4 heteroatoms. The van der Waals surface area contributed by atoms with Gasteiger partial charge in [0.15, 0.2) is 11.5 Å². The van der Waals surface area contributed by atoms with Crippen molar-refractivity contribution in [2.75, 3.05) is 0 Å². The van der Waals surface area contributed by atoms with Gasteiger partial charge in [0.05, 0.1) is 0 Å². The van der Waals surface area contributed by atoms with Crippen molar-refractivity contribution in [3.63, 3.8) is 0 Å². The minimum absolute atomic E-state index is 0.145. The number of fused-ring (bicyclic) bond motifs is 1. The Balaban J connectivity index is 2.22. The zero-order valence-electron chi connectivity index (χ0n) is 11.4. The summed E-state index contributed by atoms with van der Waals surface area (Å²) in [4.78, 5) is 12.1. The lowest BCUT2D eigenvalue weighted by molar-refractivity contribution is 0.0928. The molecule has 1 aromatic carbocycles. The molecule has 0 radical (unpaired) electrons. The van der Waals surface area contributed by atoms with E-state index in [-0.39, 0.29) is 35.2 Å². The number of hydrogen-bond acceptors (Lipinski definition) is 3. The molecule has 0 saturated carbocycles. The lowest BCUT2D eigenvalue weighted by atomic mass is 9.84. The molecule has 1 atom stereocenters. The fourth-order valence-corrected chi connectivity index (χ4v) is 1.76. The minimum Gasteiger partial charge on any atom is -0.453 e. The van der Waals surface area contributed by atoms with Crippen molar-refractivity contribution in [1.29, 1.82) is 0 Å². The number of carbonyl (C=O) groups is 1. The second kappa shape index (κ2) is 4.78. The Morgan fingerprint density at radius 3 is 2.68 bits per heavy atom. The second-order valence-corrected chi connectivity index (χ2v) is 5.89. The van der Waals surface area contributed by atoms with Crippen molar-refractivity contribution in [1.82, 2.24) is 0 Å². The first-order chi connectivity index (χ1) is 8.77. The number of carbonyl (C=O) groups excluding carboxylic acids is 1. The van der Waals surface area contributed by atoms with Crippen molar-refractivity contribution in [3.8, 4) is 0 Å². The first kappa shape index (κ1) is 13.7. The van der Waals surface area contributed by atoms with Crippen LogP contribution in [-0.4, -0.2) is 11.8 Å². The van der Waals surface area contributed by atoms with Crippen LogP contribution in [0.4, 0.5) is 4.39 Å². The van der Waals surface area contributed by atoms with Crippen LogP contribution in [0.25, 0.3) is 11.0 Å². The zero-order chi connectivity index (χ0) is 14.2. The van der Waals surface area contributed by atoms with Crippen LogP contribution < -0.4 is 5.73 Å².